The Kier molecular flexibility index (Phi) is 5.30. The van der Waals surface area contributed by atoms with Gasteiger partial charge in [-0.25, -0.2) is 4.39 Å². The SMILES string of the molecule is C[C@H](Cl)C(=O)Nc1ccccc1[C@@H]1SCC(=O)N1c1ccccc1F. The van der Waals surface area contributed by atoms with Crippen LogP contribution in [0.25, 0.3) is 0 Å². The third kappa shape index (κ3) is 3.65. The van der Waals surface area contributed by atoms with Gasteiger partial charge < -0.3 is 5.32 Å². The Morgan fingerprint density at radius 3 is 2.68 bits per heavy atom. The molecule has 4 nitrogen and oxygen atoms in total. The maximum Gasteiger partial charge on any atom is 0.242 e. The van der Waals surface area contributed by atoms with Crippen molar-refractivity contribution in [3.63, 3.8) is 0 Å². The van der Waals surface area contributed by atoms with E-state index in [0.29, 0.717) is 5.69 Å². The number of hydrogen-bond donors (Lipinski definition) is 1. The molecule has 0 saturated carbocycles. The molecule has 0 aromatic heterocycles. The Hall–Kier alpha value is -2.05. The zero-order valence-electron chi connectivity index (χ0n) is 13.4. The molecule has 0 radical (unpaired) electrons. The van der Waals surface area contributed by atoms with Gasteiger partial charge in [-0.3, -0.25) is 14.5 Å². The summed E-state index contributed by atoms with van der Waals surface area (Å²) in [7, 11) is 0. The Bertz CT molecular complexity index is 815. The van der Waals surface area contributed by atoms with Crippen molar-refractivity contribution in [3.05, 3.63) is 59.9 Å². The van der Waals surface area contributed by atoms with Crippen LogP contribution in [-0.2, 0) is 9.59 Å². The van der Waals surface area contributed by atoms with Crippen LogP contribution >= 0.6 is 23.4 Å². The molecule has 3 rings (SSSR count). The number of carbonyl (C=O) groups is 2. The average Bonchev–Trinajstić information content (AvgIpc) is 2.97. The maximum absolute atomic E-state index is 14.2. The number of para-hydroxylation sites is 2. The quantitative estimate of drug-likeness (QED) is 0.812. The van der Waals surface area contributed by atoms with Gasteiger partial charge in [0.05, 0.1) is 11.4 Å². The smallest absolute Gasteiger partial charge is 0.242 e. The average molecular weight is 379 g/mol. The molecule has 1 fully saturated rings. The molecule has 0 bridgehead atoms. The Balaban J connectivity index is 1.99. The van der Waals surface area contributed by atoms with Crippen molar-refractivity contribution < 1.29 is 14.0 Å². The van der Waals surface area contributed by atoms with Crippen molar-refractivity contribution in [1.29, 1.82) is 0 Å². The molecule has 0 spiro atoms. The topological polar surface area (TPSA) is 49.4 Å². The summed E-state index contributed by atoms with van der Waals surface area (Å²) < 4.78 is 14.2. The first-order valence-electron chi connectivity index (χ1n) is 7.71. The number of amides is 2. The number of nitrogens with one attached hydrogen (secondary N) is 1. The molecule has 1 heterocycles. The number of nitrogens with zero attached hydrogens (tertiary/aromatic N) is 1. The van der Waals surface area contributed by atoms with E-state index >= 15 is 0 Å². The van der Waals surface area contributed by atoms with Gasteiger partial charge in [-0.2, -0.15) is 0 Å². The van der Waals surface area contributed by atoms with Crippen LogP contribution in [0.2, 0.25) is 0 Å². The largest absolute Gasteiger partial charge is 0.324 e. The first kappa shape index (κ1) is 17.8. The van der Waals surface area contributed by atoms with Crippen LogP contribution in [0.5, 0.6) is 0 Å². The van der Waals surface area contributed by atoms with E-state index in [9.17, 15) is 14.0 Å². The highest BCUT2D eigenvalue weighted by Crippen LogP contribution is 2.44. The standard InChI is InChI=1S/C18H16ClFN2O2S/c1-11(19)17(24)21-14-8-4-2-6-12(14)18-22(16(23)10-25-18)15-9-5-3-7-13(15)20/h2-9,11,18H,10H2,1H3,(H,21,24)/t11-,18-/m0/s1. The Morgan fingerprint density at radius 1 is 1.28 bits per heavy atom. The van der Waals surface area contributed by atoms with Crippen molar-refractivity contribution >= 4 is 46.6 Å². The van der Waals surface area contributed by atoms with E-state index in [1.54, 1.807) is 37.3 Å². The summed E-state index contributed by atoms with van der Waals surface area (Å²) in [6.45, 7) is 1.58. The zero-order valence-corrected chi connectivity index (χ0v) is 15.0. The minimum atomic E-state index is -0.686. The van der Waals surface area contributed by atoms with Gasteiger partial charge in [0.15, 0.2) is 0 Å². The molecular formula is C18H16ClFN2O2S. The summed E-state index contributed by atoms with van der Waals surface area (Å²) in [5.74, 6) is -0.722. The van der Waals surface area contributed by atoms with E-state index in [1.165, 1.54) is 22.7 Å². The highest BCUT2D eigenvalue weighted by molar-refractivity contribution is 8.00. The third-order valence-electron chi connectivity index (χ3n) is 3.83. The number of rotatable bonds is 4. The predicted octanol–water partition coefficient (Wildman–Crippen LogP) is 4.17. The fourth-order valence-corrected chi connectivity index (χ4v) is 3.88. The second-order valence-electron chi connectivity index (χ2n) is 5.57. The second kappa shape index (κ2) is 7.45. The van der Waals surface area contributed by atoms with Crippen molar-refractivity contribution in [1.82, 2.24) is 0 Å². The molecule has 7 heteroatoms. The highest BCUT2D eigenvalue weighted by Gasteiger charge is 2.36. The lowest BCUT2D eigenvalue weighted by Crippen LogP contribution is -2.29. The van der Waals surface area contributed by atoms with Crippen molar-refractivity contribution in [2.45, 2.75) is 17.7 Å². The minimum Gasteiger partial charge on any atom is -0.324 e. The van der Waals surface area contributed by atoms with E-state index in [-0.39, 0.29) is 23.3 Å². The van der Waals surface area contributed by atoms with Gasteiger partial charge in [-0.1, -0.05) is 30.3 Å². The maximum atomic E-state index is 14.2. The zero-order chi connectivity index (χ0) is 18.0. The molecule has 25 heavy (non-hydrogen) atoms. The molecule has 1 saturated heterocycles. The molecular weight excluding hydrogens is 363 g/mol. The van der Waals surface area contributed by atoms with Crippen LogP contribution in [0.15, 0.2) is 48.5 Å². The van der Waals surface area contributed by atoms with Gasteiger partial charge in [0.1, 0.15) is 16.6 Å². The molecule has 2 aromatic rings. The fourth-order valence-electron chi connectivity index (χ4n) is 2.62. The number of halogens is 2. The normalized spacial score (nSPS) is 18.3. The molecule has 1 aliphatic heterocycles. The van der Waals surface area contributed by atoms with Gasteiger partial charge in [-0.05, 0) is 25.1 Å². The van der Waals surface area contributed by atoms with Crippen LogP contribution < -0.4 is 10.2 Å². The number of hydrogen-bond acceptors (Lipinski definition) is 3. The van der Waals surface area contributed by atoms with E-state index in [2.05, 4.69) is 5.32 Å². The number of alkyl halides is 1. The predicted molar refractivity (Wildman–Crippen MR) is 99.5 cm³/mol. The molecule has 1 aliphatic rings. The molecule has 2 atom stereocenters. The summed E-state index contributed by atoms with van der Waals surface area (Å²) in [5, 5.41) is 1.66. The lowest BCUT2D eigenvalue weighted by Gasteiger charge is -2.26. The summed E-state index contributed by atoms with van der Waals surface area (Å²) in [5.41, 5.74) is 1.52. The van der Waals surface area contributed by atoms with Crippen LogP contribution in [0.4, 0.5) is 15.8 Å². The summed E-state index contributed by atoms with van der Waals surface area (Å²) in [6.07, 6.45) is 0. The molecule has 2 aromatic carbocycles. The lowest BCUT2D eigenvalue weighted by atomic mass is 10.1. The monoisotopic (exact) mass is 378 g/mol. The van der Waals surface area contributed by atoms with Crippen LogP contribution in [0.1, 0.15) is 17.9 Å². The molecule has 0 unspecified atom stereocenters. The number of anilines is 2. The Labute approximate surface area is 154 Å². The number of benzene rings is 2. The van der Waals surface area contributed by atoms with Crippen molar-refractivity contribution in [3.8, 4) is 0 Å². The molecule has 1 N–H and O–H groups in total. The first-order chi connectivity index (χ1) is 12.0. The lowest BCUT2D eigenvalue weighted by molar-refractivity contribution is -0.116. The van der Waals surface area contributed by atoms with Gasteiger partial charge in [0.25, 0.3) is 0 Å². The van der Waals surface area contributed by atoms with Crippen molar-refractivity contribution in [2.24, 2.45) is 0 Å². The summed E-state index contributed by atoms with van der Waals surface area (Å²) in [4.78, 5) is 25.8. The van der Waals surface area contributed by atoms with E-state index in [1.807, 2.05) is 12.1 Å². The molecule has 2 amide bonds. The van der Waals surface area contributed by atoms with Crippen LogP contribution in [0.3, 0.4) is 0 Å². The van der Waals surface area contributed by atoms with Crippen LogP contribution in [0, 0.1) is 5.82 Å². The number of carbonyl (C=O) groups excluding carboxylic acids is 2. The third-order valence-corrected chi connectivity index (χ3v) is 5.22. The number of thioether (sulfide) groups is 1. The van der Waals surface area contributed by atoms with E-state index < -0.39 is 16.6 Å². The highest BCUT2D eigenvalue weighted by atomic mass is 35.5. The second-order valence-corrected chi connectivity index (χ2v) is 7.29. The van der Waals surface area contributed by atoms with Crippen molar-refractivity contribution in [2.75, 3.05) is 16.0 Å². The molecule has 130 valence electrons. The van der Waals surface area contributed by atoms with Gasteiger partial charge in [0, 0.05) is 11.3 Å². The summed E-state index contributed by atoms with van der Waals surface area (Å²) in [6, 6.07) is 13.3. The summed E-state index contributed by atoms with van der Waals surface area (Å²) >= 11 is 7.22. The van der Waals surface area contributed by atoms with Crippen LogP contribution in [-0.4, -0.2) is 22.9 Å². The van der Waals surface area contributed by atoms with E-state index in [0.717, 1.165) is 5.56 Å². The van der Waals surface area contributed by atoms with Gasteiger partial charge >= 0.3 is 0 Å². The fraction of sp³-hybridized carbons (Fsp3) is 0.222. The van der Waals surface area contributed by atoms with Gasteiger partial charge in [-0.15, -0.1) is 23.4 Å². The first-order valence-corrected chi connectivity index (χ1v) is 9.19. The van der Waals surface area contributed by atoms with Gasteiger partial charge in [0.2, 0.25) is 11.8 Å². The van der Waals surface area contributed by atoms with E-state index in [4.69, 9.17) is 11.6 Å². The minimum absolute atomic E-state index is 0.174. The molecule has 0 aliphatic carbocycles. The Morgan fingerprint density at radius 2 is 1.96 bits per heavy atom.